The molecule has 2 aromatic carbocycles. The van der Waals surface area contributed by atoms with Gasteiger partial charge in [-0.2, -0.15) is 0 Å². The Labute approximate surface area is 206 Å². The molecule has 0 saturated heterocycles. The molecule has 0 atom stereocenters. The van der Waals surface area contributed by atoms with Crippen molar-refractivity contribution in [2.45, 2.75) is 60.3 Å². The molecule has 1 aromatic heterocycles. The van der Waals surface area contributed by atoms with Crippen molar-refractivity contribution < 1.29 is 19.7 Å². The van der Waals surface area contributed by atoms with Crippen LogP contribution >= 0.6 is 0 Å². The number of phenolic OH excluding ortho intramolecular Hbond substituents is 3. The molecule has 0 saturated carbocycles. The summed E-state index contributed by atoms with van der Waals surface area (Å²) in [5.41, 5.74) is 4.82. The summed E-state index contributed by atoms with van der Waals surface area (Å²) in [6.45, 7) is 10.1. The summed E-state index contributed by atoms with van der Waals surface area (Å²) in [4.78, 5) is 13.7. The molecule has 5 heteroatoms. The summed E-state index contributed by atoms with van der Waals surface area (Å²) in [5, 5.41) is 31.3. The highest BCUT2D eigenvalue weighted by atomic mass is 16.3. The molecule has 0 radical (unpaired) electrons. The molecule has 0 unspecified atom stereocenters. The van der Waals surface area contributed by atoms with E-state index >= 15 is 0 Å². The van der Waals surface area contributed by atoms with Crippen LogP contribution in [0.5, 0.6) is 17.2 Å². The Bertz CT molecular complexity index is 1380. The maximum atomic E-state index is 13.7. The van der Waals surface area contributed by atoms with E-state index in [1.807, 2.05) is 32.9 Å². The second-order valence-corrected chi connectivity index (χ2v) is 9.44. The number of aromatic hydroxyl groups is 3. The highest BCUT2D eigenvalue weighted by Crippen LogP contribution is 2.37. The zero-order valence-electron chi connectivity index (χ0n) is 21.1. The maximum absolute atomic E-state index is 13.7. The Kier molecular flexibility index (Phi) is 8.23. The number of hydrogen-bond donors (Lipinski definition) is 3. The monoisotopic (exact) mass is 474 g/mol. The van der Waals surface area contributed by atoms with E-state index in [4.69, 9.17) is 4.42 Å². The highest BCUT2D eigenvalue weighted by molar-refractivity contribution is 5.86. The van der Waals surface area contributed by atoms with Gasteiger partial charge in [-0.25, -0.2) is 0 Å². The summed E-state index contributed by atoms with van der Waals surface area (Å²) in [5.74, 6) is -0.00367. The fraction of sp³-hybridized carbons (Fsp3) is 0.300. The number of allylic oxidation sites excluding steroid dienone is 6. The van der Waals surface area contributed by atoms with E-state index in [2.05, 4.69) is 19.9 Å². The lowest BCUT2D eigenvalue weighted by molar-refractivity contribution is 0.450. The quantitative estimate of drug-likeness (QED) is 0.298. The second kappa shape index (κ2) is 11.1. The lowest BCUT2D eigenvalue weighted by Gasteiger charge is -2.14. The number of rotatable bonds is 8. The van der Waals surface area contributed by atoms with Crippen molar-refractivity contribution in [3.63, 3.8) is 0 Å². The molecule has 0 aliphatic heterocycles. The highest BCUT2D eigenvalue weighted by Gasteiger charge is 2.21. The van der Waals surface area contributed by atoms with Crippen molar-refractivity contribution in [2.24, 2.45) is 0 Å². The van der Waals surface area contributed by atoms with Crippen LogP contribution in [0.2, 0.25) is 0 Å². The van der Waals surface area contributed by atoms with Crippen molar-refractivity contribution in [2.75, 3.05) is 0 Å². The van der Waals surface area contributed by atoms with Crippen LogP contribution in [0.1, 0.15) is 58.6 Å². The van der Waals surface area contributed by atoms with E-state index in [9.17, 15) is 20.1 Å². The average molecular weight is 475 g/mol. The molecule has 35 heavy (non-hydrogen) atoms. The summed E-state index contributed by atoms with van der Waals surface area (Å²) in [6.07, 6.45) is 8.69. The van der Waals surface area contributed by atoms with Gasteiger partial charge in [0, 0.05) is 17.2 Å². The minimum absolute atomic E-state index is 0.0433. The minimum Gasteiger partial charge on any atom is -0.508 e. The fourth-order valence-corrected chi connectivity index (χ4v) is 3.93. The van der Waals surface area contributed by atoms with Gasteiger partial charge in [0.15, 0.2) is 5.43 Å². The third kappa shape index (κ3) is 6.24. The number of benzene rings is 2. The molecule has 0 fully saturated rings. The first-order valence-electron chi connectivity index (χ1n) is 11.8. The Hall–Kier alpha value is -3.73. The van der Waals surface area contributed by atoms with Crippen LogP contribution in [-0.2, 0) is 12.8 Å². The zero-order valence-corrected chi connectivity index (χ0v) is 21.1. The molecule has 0 spiro atoms. The van der Waals surface area contributed by atoms with Crippen LogP contribution in [-0.4, -0.2) is 15.3 Å². The number of phenols is 3. The maximum Gasteiger partial charge on any atom is 0.196 e. The normalized spacial score (nSPS) is 11.5. The van der Waals surface area contributed by atoms with Gasteiger partial charge in [0.05, 0.1) is 10.9 Å². The van der Waals surface area contributed by atoms with Gasteiger partial charge in [0.1, 0.15) is 28.6 Å². The van der Waals surface area contributed by atoms with Crippen molar-refractivity contribution >= 4 is 11.0 Å². The van der Waals surface area contributed by atoms with Crippen molar-refractivity contribution in [1.82, 2.24) is 0 Å². The van der Waals surface area contributed by atoms with Crippen LogP contribution < -0.4 is 5.43 Å². The largest absolute Gasteiger partial charge is 0.508 e. The van der Waals surface area contributed by atoms with Gasteiger partial charge in [-0.1, -0.05) is 34.9 Å². The molecule has 0 aliphatic carbocycles. The van der Waals surface area contributed by atoms with E-state index in [-0.39, 0.29) is 28.4 Å². The molecule has 0 amide bonds. The Morgan fingerprint density at radius 1 is 0.829 bits per heavy atom. The third-order valence-electron chi connectivity index (χ3n) is 5.92. The van der Waals surface area contributed by atoms with Crippen molar-refractivity contribution in [1.29, 1.82) is 0 Å². The second-order valence-electron chi connectivity index (χ2n) is 9.44. The standard InChI is InChI=1S/C30H34O5/c1-18(2)7-6-8-20(5)10-13-24-28(34)25-15-16-26(32)22(12-9-19(3)4)29(25)35-30(24)23-14-11-21(31)17-27(23)33/h7,9-11,14-17,31-33H,6,8,12-13H2,1-5H3/b20-10+. The topological polar surface area (TPSA) is 90.9 Å². The first kappa shape index (κ1) is 25.9. The van der Waals surface area contributed by atoms with Gasteiger partial charge >= 0.3 is 0 Å². The predicted molar refractivity (Wildman–Crippen MR) is 142 cm³/mol. The number of hydrogen-bond acceptors (Lipinski definition) is 5. The number of fused-ring (bicyclic) bond motifs is 1. The Morgan fingerprint density at radius 2 is 1.51 bits per heavy atom. The first-order chi connectivity index (χ1) is 16.6. The first-order valence-corrected chi connectivity index (χ1v) is 11.8. The van der Waals surface area contributed by atoms with E-state index in [0.717, 1.165) is 24.0 Å². The minimum atomic E-state index is -0.208. The molecule has 3 aromatic rings. The van der Waals surface area contributed by atoms with Gasteiger partial charge < -0.3 is 19.7 Å². The smallest absolute Gasteiger partial charge is 0.196 e. The molecular formula is C30H34O5. The molecule has 0 aliphatic rings. The molecule has 5 nitrogen and oxygen atoms in total. The average Bonchev–Trinajstić information content (AvgIpc) is 2.77. The lowest BCUT2D eigenvalue weighted by atomic mass is 9.98. The summed E-state index contributed by atoms with van der Waals surface area (Å²) < 4.78 is 6.30. The SMILES string of the molecule is CC(C)=CCC/C(C)=C/Cc1c(-c2ccc(O)cc2O)oc2c(CC=C(C)C)c(O)ccc2c1=O. The molecular weight excluding hydrogens is 440 g/mol. The van der Waals surface area contributed by atoms with E-state index in [1.54, 1.807) is 6.07 Å². The molecule has 3 rings (SSSR count). The van der Waals surface area contributed by atoms with Crippen LogP contribution in [0, 0.1) is 0 Å². The van der Waals surface area contributed by atoms with Crippen LogP contribution in [0.15, 0.2) is 74.5 Å². The summed E-state index contributed by atoms with van der Waals surface area (Å²) >= 11 is 0. The molecule has 184 valence electrons. The van der Waals surface area contributed by atoms with Crippen molar-refractivity contribution in [3.05, 3.63) is 86.6 Å². The summed E-state index contributed by atoms with van der Waals surface area (Å²) in [7, 11) is 0. The van der Waals surface area contributed by atoms with Gasteiger partial charge in [0.2, 0.25) is 0 Å². The van der Waals surface area contributed by atoms with Gasteiger partial charge in [-0.05, 0) is 84.6 Å². The van der Waals surface area contributed by atoms with Gasteiger partial charge in [-0.3, -0.25) is 4.79 Å². The van der Waals surface area contributed by atoms with Crippen LogP contribution in [0.3, 0.4) is 0 Å². The van der Waals surface area contributed by atoms with Gasteiger partial charge in [-0.15, -0.1) is 0 Å². The Morgan fingerprint density at radius 3 is 2.17 bits per heavy atom. The third-order valence-corrected chi connectivity index (χ3v) is 5.92. The fourth-order valence-electron chi connectivity index (χ4n) is 3.93. The predicted octanol–water partition coefficient (Wildman–Crippen LogP) is 7.32. The molecule has 1 heterocycles. The van der Waals surface area contributed by atoms with E-state index in [1.165, 1.54) is 29.8 Å². The lowest BCUT2D eigenvalue weighted by Crippen LogP contribution is -2.12. The van der Waals surface area contributed by atoms with Crippen molar-refractivity contribution in [3.8, 4) is 28.6 Å². The van der Waals surface area contributed by atoms with Gasteiger partial charge in [0.25, 0.3) is 0 Å². The zero-order chi connectivity index (χ0) is 25.7. The van der Waals surface area contributed by atoms with Crippen LogP contribution in [0.4, 0.5) is 0 Å². The molecule has 3 N–H and O–H groups in total. The molecule has 0 bridgehead atoms. The van der Waals surface area contributed by atoms with E-state index in [0.29, 0.717) is 40.5 Å². The van der Waals surface area contributed by atoms with E-state index < -0.39 is 0 Å². The summed E-state index contributed by atoms with van der Waals surface area (Å²) in [6, 6.07) is 7.29. The van der Waals surface area contributed by atoms with Crippen LogP contribution in [0.25, 0.3) is 22.3 Å². The Balaban J connectivity index is 2.22.